The lowest BCUT2D eigenvalue weighted by Gasteiger charge is -2.06. The van der Waals surface area contributed by atoms with E-state index in [1.165, 1.54) is 18.4 Å². The molecule has 18 heavy (non-hydrogen) atoms. The standard InChI is InChI=1S/C13H16ClN3S/c1-2-9(8-15-10-3-4-10)7-11-12(14)16-13-17(11)5-6-18-13/h5-7,10,15H,2-4,8H2,1H3. The maximum atomic E-state index is 6.19. The van der Waals surface area contributed by atoms with Crippen LogP contribution in [0.2, 0.25) is 5.15 Å². The predicted octanol–water partition coefficient (Wildman–Crippen LogP) is 3.59. The number of aromatic nitrogens is 2. The van der Waals surface area contributed by atoms with Gasteiger partial charge < -0.3 is 5.32 Å². The minimum atomic E-state index is 0.597. The molecule has 0 radical (unpaired) electrons. The minimum absolute atomic E-state index is 0.597. The van der Waals surface area contributed by atoms with Crippen molar-refractivity contribution in [1.82, 2.24) is 14.7 Å². The van der Waals surface area contributed by atoms with Crippen molar-refractivity contribution in [2.75, 3.05) is 6.54 Å². The zero-order valence-corrected chi connectivity index (χ0v) is 11.9. The number of hydrogen-bond acceptors (Lipinski definition) is 3. The molecule has 2 aromatic heterocycles. The largest absolute Gasteiger partial charge is 0.310 e. The molecule has 1 aliphatic rings. The van der Waals surface area contributed by atoms with E-state index in [1.807, 2.05) is 11.6 Å². The molecular formula is C13H16ClN3S. The van der Waals surface area contributed by atoms with E-state index in [4.69, 9.17) is 11.6 Å². The van der Waals surface area contributed by atoms with Crippen molar-refractivity contribution in [3.63, 3.8) is 0 Å². The molecule has 0 unspecified atom stereocenters. The molecule has 1 saturated carbocycles. The first-order chi connectivity index (χ1) is 8.78. The molecule has 0 spiro atoms. The van der Waals surface area contributed by atoms with Gasteiger partial charge in [0.1, 0.15) is 0 Å². The second kappa shape index (κ2) is 5.03. The Balaban J connectivity index is 1.86. The van der Waals surface area contributed by atoms with Crippen LogP contribution in [0.1, 0.15) is 31.9 Å². The molecule has 0 aliphatic heterocycles. The summed E-state index contributed by atoms with van der Waals surface area (Å²) >= 11 is 7.80. The molecule has 5 heteroatoms. The Bertz CT molecular complexity index is 580. The van der Waals surface area contributed by atoms with Gasteiger partial charge in [-0.1, -0.05) is 24.1 Å². The summed E-state index contributed by atoms with van der Waals surface area (Å²) in [6.45, 7) is 3.13. The summed E-state index contributed by atoms with van der Waals surface area (Å²) in [5.74, 6) is 0. The topological polar surface area (TPSA) is 29.3 Å². The van der Waals surface area contributed by atoms with Crippen molar-refractivity contribution >= 4 is 34.0 Å². The van der Waals surface area contributed by atoms with E-state index >= 15 is 0 Å². The van der Waals surface area contributed by atoms with E-state index in [9.17, 15) is 0 Å². The molecule has 0 saturated heterocycles. The highest BCUT2D eigenvalue weighted by molar-refractivity contribution is 7.15. The van der Waals surface area contributed by atoms with Gasteiger partial charge in [0.15, 0.2) is 10.1 Å². The van der Waals surface area contributed by atoms with E-state index in [2.05, 4.69) is 27.7 Å². The molecule has 96 valence electrons. The van der Waals surface area contributed by atoms with Gasteiger partial charge in [0.25, 0.3) is 0 Å². The van der Waals surface area contributed by atoms with Gasteiger partial charge in [0.05, 0.1) is 5.69 Å². The fraction of sp³-hybridized carbons (Fsp3) is 0.462. The van der Waals surface area contributed by atoms with Crippen LogP contribution in [0.15, 0.2) is 17.2 Å². The van der Waals surface area contributed by atoms with Crippen molar-refractivity contribution in [2.45, 2.75) is 32.2 Å². The van der Waals surface area contributed by atoms with Crippen LogP contribution in [0.25, 0.3) is 11.0 Å². The molecule has 3 nitrogen and oxygen atoms in total. The van der Waals surface area contributed by atoms with Gasteiger partial charge in [0, 0.05) is 24.2 Å². The highest BCUT2D eigenvalue weighted by atomic mass is 35.5. The third-order valence-corrected chi connectivity index (χ3v) is 4.28. The number of nitrogens with zero attached hydrogens (tertiary/aromatic N) is 2. The molecule has 2 aromatic rings. The van der Waals surface area contributed by atoms with E-state index in [0.717, 1.165) is 29.7 Å². The highest BCUT2D eigenvalue weighted by Crippen LogP contribution is 2.24. The van der Waals surface area contributed by atoms with Crippen molar-refractivity contribution in [2.24, 2.45) is 0 Å². The number of halogens is 1. The second-order valence-electron chi connectivity index (χ2n) is 4.65. The lowest BCUT2D eigenvalue weighted by atomic mass is 10.1. The van der Waals surface area contributed by atoms with E-state index in [0.29, 0.717) is 5.15 Å². The molecule has 3 rings (SSSR count). The lowest BCUT2D eigenvalue weighted by molar-refractivity contribution is 0.722. The van der Waals surface area contributed by atoms with Crippen LogP contribution in [-0.4, -0.2) is 22.0 Å². The smallest absolute Gasteiger partial charge is 0.195 e. The minimum Gasteiger partial charge on any atom is -0.310 e. The number of fused-ring (bicyclic) bond motifs is 1. The monoisotopic (exact) mass is 281 g/mol. The Morgan fingerprint density at radius 2 is 2.50 bits per heavy atom. The van der Waals surface area contributed by atoms with Crippen molar-refractivity contribution in [3.8, 4) is 0 Å². The van der Waals surface area contributed by atoms with Gasteiger partial charge in [0.2, 0.25) is 0 Å². The van der Waals surface area contributed by atoms with Crippen molar-refractivity contribution in [3.05, 3.63) is 28.0 Å². The van der Waals surface area contributed by atoms with Crippen LogP contribution in [0.4, 0.5) is 0 Å². The van der Waals surface area contributed by atoms with Gasteiger partial charge in [-0.05, 0) is 25.3 Å². The summed E-state index contributed by atoms with van der Waals surface area (Å²) in [4.78, 5) is 5.31. The maximum absolute atomic E-state index is 6.19. The van der Waals surface area contributed by atoms with E-state index in [-0.39, 0.29) is 0 Å². The third kappa shape index (κ3) is 2.46. The molecule has 0 atom stereocenters. The molecular weight excluding hydrogens is 266 g/mol. The van der Waals surface area contributed by atoms with Gasteiger partial charge in [-0.3, -0.25) is 4.40 Å². The van der Waals surface area contributed by atoms with Gasteiger partial charge >= 0.3 is 0 Å². The Labute approximate surface area is 115 Å². The summed E-state index contributed by atoms with van der Waals surface area (Å²) in [5.41, 5.74) is 2.37. The van der Waals surface area contributed by atoms with Crippen LogP contribution >= 0.6 is 22.9 Å². The SMILES string of the molecule is CCC(=Cc1c(Cl)nc2sccn12)CNC1CC1. The van der Waals surface area contributed by atoms with Gasteiger partial charge in [-0.2, -0.15) is 0 Å². The Morgan fingerprint density at radius 3 is 3.22 bits per heavy atom. The summed E-state index contributed by atoms with van der Waals surface area (Å²) in [6.07, 6.45) is 7.86. The number of hydrogen-bond donors (Lipinski definition) is 1. The Hall–Kier alpha value is -0.840. The first kappa shape index (κ1) is 12.2. The Morgan fingerprint density at radius 1 is 1.67 bits per heavy atom. The second-order valence-corrected chi connectivity index (χ2v) is 5.89. The fourth-order valence-electron chi connectivity index (χ4n) is 1.94. The summed E-state index contributed by atoms with van der Waals surface area (Å²) in [6, 6.07) is 0.738. The molecule has 0 amide bonds. The van der Waals surface area contributed by atoms with Gasteiger partial charge in [-0.15, -0.1) is 11.3 Å². The third-order valence-electron chi connectivity index (χ3n) is 3.24. The number of rotatable bonds is 5. The molecule has 1 fully saturated rings. The molecule has 2 heterocycles. The number of nitrogens with one attached hydrogen (secondary N) is 1. The Kier molecular flexibility index (Phi) is 3.41. The summed E-state index contributed by atoms with van der Waals surface area (Å²) < 4.78 is 2.06. The van der Waals surface area contributed by atoms with E-state index < -0.39 is 0 Å². The lowest BCUT2D eigenvalue weighted by Crippen LogP contribution is -2.19. The molecule has 1 aliphatic carbocycles. The predicted molar refractivity (Wildman–Crippen MR) is 77.4 cm³/mol. The van der Waals surface area contributed by atoms with Crippen LogP contribution in [0.3, 0.4) is 0 Å². The zero-order valence-electron chi connectivity index (χ0n) is 10.3. The van der Waals surface area contributed by atoms with Crippen molar-refractivity contribution in [1.29, 1.82) is 0 Å². The van der Waals surface area contributed by atoms with Crippen LogP contribution in [0, 0.1) is 0 Å². The molecule has 1 N–H and O–H groups in total. The zero-order chi connectivity index (χ0) is 12.5. The summed E-state index contributed by atoms with van der Waals surface area (Å²) in [5, 5.41) is 6.17. The quantitative estimate of drug-likeness (QED) is 0.907. The van der Waals surface area contributed by atoms with Crippen molar-refractivity contribution < 1.29 is 0 Å². The first-order valence-corrected chi connectivity index (χ1v) is 7.57. The number of thiazole rings is 1. The first-order valence-electron chi connectivity index (χ1n) is 6.32. The summed E-state index contributed by atoms with van der Waals surface area (Å²) in [7, 11) is 0. The van der Waals surface area contributed by atoms with Crippen LogP contribution < -0.4 is 5.32 Å². The maximum Gasteiger partial charge on any atom is 0.195 e. The average molecular weight is 282 g/mol. The van der Waals surface area contributed by atoms with Gasteiger partial charge in [-0.25, -0.2) is 4.98 Å². The van der Waals surface area contributed by atoms with E-state index in [1.54, 1.807) is 11.3 Å². The highest BCUT2D eigenvalue weighted by Gasteiger charge is 2.20. The number of imidazole rings is 1. The fourth-order valence-corrected chi connectivity index (χ4v) is 2.94. The molecule has 0 aromatic carbocycles. The normalized spacial score (nSPS) is 16.7. The molecule has 0 bridgehead atoms. The van der Waals surface area contributed by atoms with Crippen LogP contribution in [0.5, 0.6) is 0 Å². The van der Waals surface area contributed by atoms with Crippen LogP contribution in [-0.2, 0) is 0 Å². The average Bonchev–Trinajstić information content (AvgIpc) is 3.01.